The van der Waals surface area contributed by atoms with Gasteiger partial charge in [0.15, 0.2) is 0 Å². The number of hydrogen-bond acceptors (Lipinski definition) is 4. The van der Waals surface area contributed by atoms with Gasteiger partial charge in [0.2, 0.25) is 0 Å². The molecule has 1 unspecified atom stereocenters. The maximum Gasteiger partial charge on any atom is 0.311 e. The number of fused-ring (bicyclic) bond motifs is 2. The second-order valence-electron chi connectivity index (χ2n) is 7.05. The van der Waals surface area contributed by atoms with Crippen molar-refractivity contribution in [2.24, 2.45) is 29.1 Å². The van der Waals surface area contributed by atoms with Crippen molar-refractivity contribution in [1.29, 1.82) is 0 Å². The Hall–Kier alpha value is -0.610. The molecule has 19 heavy (non-hydrogen) atoms. The van der Waals surface area contributed by atoms with E-state index in [9.17, 15) is 15.0 Å². The third kappa shape index (κ3) is 1.83. The highest BCUT2D eigenvalue weighted by Gasteiger charge is 2.57. The Morgan fingerprint density at radius 2 is 2.16 bits per heavy atom. The third-order valence-corrected chi connectivity index (χ3v) is 6.09. The van der Waals surface area contributed by atoms with E-state index in [1.807, 2.05) is 0 Å². The number of ether oxygens (including phenoxy) is 1. The van der Waals surface area contributed by atoms with E-state index in [4.69, 9.17) is 4.74 Å². The molecule has 0 spiro atoms. The molecule has 4 nitrogen and oxygen atoms in total. The van der Waals surface area contributed by atoms with Crippen molar-refractivity contribution in [1.82, 2.24) is 0 Å². The third-order valence-electron chi connectivity index (χ3n) is 6.09. The van der Waals surface area contributed by atoms with Crippen LogP contribution in [0.3, 0.4) is 0 Å². The Morgan fingerprint density at radius 1 is 1.42 bits per heavy atom. The molecule has 4 heteroatoms. The molecule has 2 N–H and O–H groups in total. The van der Waals surface area contributed by atoms with Crippen LogP contribution in [0.2, 0.25) is 0 Å². The summed E-state index contributed by atoms with van der Waals surface area (Å²) in [6.45, 7) is 4.24. The minimum absolute atomic E-state index is 0.0609. The number of carbonyl (C=O) groups is 1. The Morgan fingerprint density at radius 3 is 2.84 bits per heavy atom. The monoisotopic (exact) mass is 268 g/mol. The maximum atomic E-state index is 11.8. The van der Waals surface area contributed by atoms with Crippen LogP contribution in [0.25, 0.3) is 0 Å². The SMILES string of the molecule is C[C@@H]1C[C@@H]2OC(=O)C(CO)[C@H]2C[C@]2(C)[C@@H](O)CC[C@@H]12. The van der Waals surface area contributed by atoms with E-state index in [1.54, 1.807) is 0 Å². The lowest BCUT2D eigenvalue weighted by atomic mass is 9.69. The van der Waals surface area contributed by atoms with Gasteiger partial charge < -0.3 is 14.9 Å². The lowest BCUT2D eigenvalue weighted by Crippen LogP contribution is -2.37. The molecule has 108 valence electrons. The molecule has 0 aromatic carbocycles. The quantitative estimate of drug-likeness (QED) is 0.704. The Bertz CT molecular complexity index is 382. The number of carbonyl (C=O) groups excluding carboxylic acids is 1. The van der Waals surface area contributed by atoms with Gasteiger partial charge in [0, 0.05) is 5.92 Å². The molecule has 0 amide bonds. The van der Waals surface area contributed by atoms with Crippen molar-refractivity contribution < 1.29 is 19.7 Å². The van der Waals surface area contributed by atoms with E-state index in [-0.39, 0.29) is 42.0 Å². The van der Waals surface area contributed by atoms with Crippen molar-refractivity contribution in [3.05, 3.63) is 0 Å². The zero-order valence-electron chi connectivity index (χ0n) is 11.7. The molecule has 3 aliphatic rings. The van der Waals surface area contributed by atoms with Gasteiger partial charge in [-0.25, -0.2) is 0 Å². The first-order valence-electron chi connectivity index (χ1n) is 7.46. The van der Waals surface area contributed by atoms with Crippen molar-refractivity contribution >= 4 is 5.97 Å². The van der Waals surface area contributed by atoms with E-state index in [0.29, 0.717) is 11.8 Å². The smallest absolute Gasteiger partial charge is 0.311 e. The normalized spacial score (nSPS) is 53.4. The fraction of sp³-hybridized carbons (Fsp3) is 0.933. The number of aliphatic hydroxyl groups excluding tert-OH is 2. The van der Waals surface area contributed by atoms with Gasteiger partial charge in [-0.3, -0.25) is 4.79 Å². The zero-order chi connectivity index (χ0) is 13.8. The Labute approximate surface area is 114 Å². The van der Waals surface area contributed by atoms with E-state index in [0.717, 1.165) is 25.7 Å². The zero-order valence-corrected chi connectivity index (χ0v) is 11.7. The van der Waals surface area contributed by atoms with Crippen molar-refractivity contribution in [2.75, 3.05) is 6.61 Å². The van der Waals surface area contributed by atoms with Crippen molar-refractivity contribution in [3.8, 4) is 0 Å². The predicted molar refractivity (Wildman–Crippen MR) is 69.2 cm³/mol. The van der Waals surface area contributed by atoms with Crippen LogP contribution in [-0.2, 0) is 9.53 Å². The largest absolute Gasteiger partial charge is 0.462 e. The minimum atomic E-state index is -0.388. The van der Waals surface area contributed by atoms with E-state index in [2.05, 4.69) is 13.8 Å². The molecule has 1 saturated heterocycles. The van der Waals surface area contributed by atoms with Crippen molar-refractivity contribution in [2.45, 2.75) is 51.7 Å². The Balaban J connectivity index is 1.93. The molecule has 0 radical (unpaired) electrons. The van der Waals surface area contributed by atoms with Gasteiger partial charge in [0.05, 0.1) is 18.6 Å². The molecule has 1 heterocycles. The molecule has 0 aromatic rings. The van der Waals surface area contributed by atoms with Crippen LogP contribution < -0.4 is 0 Å². The summed E-state index contributed by atoms with van der Waals surface area (Å²) in [6.07, 6.45) is 3.25. The summed E-state index contributed by atoms with van der Waals surface area (Å²) in [5.74, 6) is 0.399. The number of rotatable bonds is 1. The lowest BCUT2D eigenvalue weighted by molar-refractivity contribution is -0.145. The average molecular weight is 268 g/mol. The molecule has 1 aliphatic heterocycles. The van der Waals surface area contributed by atoms with Gasteiger partial charge in [-0.2, -0.15) is 0 Å². The van der Waals surface area contributed by atoms with Gasteiger partial charge in [-0.05, 0) is 42.9 Å². The van der Waals surface area contributed by atoms with Crippen LogP contribution in [0.15, 0.2) is 0 Å². The number of aliphatic hydroxyl groups is 2. The summed E-state index contributed by atoms with van der Waals surface area (Å²) in [5, 5.41) is 19.8. The van der Waals surface area contributed by atoms with Gasteiger partial charge in [-0.1, -0.05) is 13.8 Å². The highest BCUT2D eigenvalue weighted by atomic mass is 16.6. The fourth-order valence-electron chi connectivity index (χ4n) is 4.97. The minimum Gasteiger partial charge on any atom is -0.462 e. The molecular formula is C15H24O4. The lowest BCUT2D eigenvalue weighted by Gasteiger charge is -2.37. The summed E-state index contributed by atoms with van der Waals surface area (Å²) in [6, 6.07) is 0. The average Bonchev–Trinajstić information content (AvgIpc) is 2.76. The van der Waals surface area contributed by atoms with Crippen LogP contribution in [0.5, 0.6) is 0 Å². The molecule has 3 fully saturated rings. The molecule has 0 aromatic heterocycles. The summed E-state index contributed by atoms with van der Waals surface area (Å²) >= 11 is 0. The van der Waals surface area contributed by atoms with Gasteiger partial charge >= 0.3 is 5.97 Å². The molecule has 2 saturated carbocycles. The topological polar surface area (TPSA) is 66.8 Å². The van der Waals surface area contributed by atoms with Crippen LogP contribution >= 0.6 is 0 Å². The summed E-state index contributed by atoms with van der Waals surface area (Å²) in [5.41, 5.74) is -0.125. The Kier molecular flexibility index (Phi) is 3.13. The van der Waals surface area contributed by atoms with Crippen LogP contribution in [0.1, 0.15) is 39.5 Å². The first kappa shape index (κ1) is 13.4. The second-order valence-corrected chi connectivity index (χ2v) is 7.05. The first-order chi connectivity index (χ1) is 8.97. The van der Waals surface area contributed by atoms with Gasteiger partial charge in [-0.15, -0.1) is 0 Å². The van der Waals surface area contributed by atoms with Crippen LogP contribution in [0, 0.1) is 29.1 Å². The first-order valence-corrected chi connectivity index (χ1v) is 7.46. The van der Waals surface area contributed by atoms with Gasteiger partial charge in [0.25, 0.3) is 0 Å². The summed E-state index contributed by atoms with van der Waals surface area (Å²) in [7, 11) is 0. The molecular weight excluding hydrogens is 244 g/mol. The number of esters is 1. The van der Waals surface area contributed by atoms with Crippen molar-refractivity contribution in [3.63, 3.8) is 0 Å². The standard InChI is InChI=1S/C15H24O4/c1-8-5-12-9(10(7-16)14(18)19-12)6-15(2)11(8)3-4-13(15)17/h8-13,16-17H,3-7H2,1-2H3/t8-,9-,10?,11+,12+,13+,15+/m1/s1. The van der Waals surface area contributed by atoms with E-state index < -0.39 is 0 Å². The highest BCUT2D eigenvalue weighted by molar-refractivity contribution is 5.75. The maximum absolute atomic E-state index is 11.8. The molecule has 0 bridgehead atoms. The van der Waals surface area contributed by atoms with Gasteiger partial charge in [0.1, 0.15) is 6.10 Å². The van der Waals surface area contributed by atoms with Crippen LogP contribution in [0.4, 0.5) is 0 Å². The number of hydrogen-bond donors (Lipinski definition) is 2. The molecule has 2 aliphatic carbocycles. The second kappa shape index (κ2) is 4.45. The van der Waals surface area contributed by atoms with E-state index >= 15 is 0 Å². The summed E-state index contributed by atoms with van der Waals surface area (Å²) < 4.78 is 5.48. The van der Waals surface area contributed by atoms with Crippen LogP contribution in [-0.4, -0.2) is 35.0 Å². The molecule has 7 atom stereocenters. The summed E-state index contributed by atoms with van der Waals surface area (Å²) in [4.78, 5) is 11.8. The fourth-order valence-corrected chi connectivity index (χ4v) is 4.97. The highest BCUT2D eigenvalue weighted by Crippen LogP contribution is 2.56. The predicted octanol–water partition coefficient (Wildman–Crippen LogP) is 1.34. The molecule has 3 rings (SSSR count). The van der Waals surface area contributed by atoms with E-state index in [1.165, 1.54) is 0 Å².